The van der Waals surface area contributed by atoms with Crippen LogP contribution in [-0.2, 0) is 6.54 Å². The van der Waals surface area contributed by atoms with Crippen molar-refractivity contribution in [2.24, 2.45) is 5.92 Å². The molecule has 0 bridgehead atoms. The fourth-order valence-electron chi connectivity index (χ4n) is 4.09. The van der Waals surface area contributed by atoms with Gasteiger partial charge in [-0.25, -0.2) is 10.5 Å². The maximum absolute atomic E-state index is 11.5. The SMILES string of the molecule is CC(C)CN1CCN(c2cnc3c(ccn3Cc3ccc(C(=O)NO)cc3)c2)CC1. The van der Waals surface area contributed by atoms with Gasteiger partial charge >= 0.3 is 0 Å². The zero-order valence-electron chi connectivity index (χ0n) is 17.6. The lowest BCUT2D eigenvalue weighted by atomic mass is 10.1. The first-order valence-corrected chi connectivity index (χ1v) is 10.5. The van der Waals surface area contributed by atoms with Gasteiger partial charge in [-0.15, -0.1) is 0 Å². The zero-order valence-corrected chi connectivity index (χ0v) is 17.6. The Kier molecular flexibility index (Phi) is 6.01. The average molecular weight is 408 g/mol. The van der Waals surface area contributed by atoms with Crippen LogP contribution in [0.3, 0.4) is 0 Å². The maximum Gasteiger partial charge on any atom is 0.274 e. The number of nitrogens with zero attached hydrogens (tertiary/aromatic N) is 4. The van der Waals surface area contributed by atoms with Crippen molar-refractivity contribution in [1.82, 2.24) is 19.9 Å². The Morgan fingerprint density at radius 3 is 2.53 bits per heavy atom. The lowest BCUT2D eigenvalue weighted by molar-refractivity contribution is 0.0706. The molecule has 30 heavy (non-hydrogen) atoms. The third-order valence-electron chi connectivity index (χ3n) is 5.62. The molecule has 1 amide bonds. The van der Waals surface area contributed by atoms with Gasteiger partial charge in [-0.3, -0.25) is 14.9 Å². The molecule has 0 radical (unpaired) electrons. The molecule has 1 aromatic carbocycles. The van der Waals surface area contributed by atoms with E-state index in [0.29, 0.717) is 18.0 Å². The van der Waals surface area contributed by atoms with E-state index in [9.17, 15) is 4.79 Å². The molecule has 3 aromatic rings. The summed E-state index contributed by atoms with van der Waals surface area (Å²) in [7, 11) is 0. The van der Waals surface area contributed by atoms with Gasteiger partial charge in [0.25, 0.3) is 5.91 Å². The summed E-state index contributed by atoms with van der Waals surface area (Å²) in [5.74, 6) is 0.199. The van der Waals surface area contributed by atoms with Gasteiger partial charge < -0.3 is 9.47 Å². The summed E-state index contributed by atoms with van der Waals surface area (Å²) < 4.78 is 2.11. The van der Waals surface area contributed by atoms with Crippen molar-refractivity contribution in [2.75, 3.05) is 37.6 Å². The third-order valence-corrected chi connectivity index (χ3v) is 5.62. The summed E-state index contributed by atoms with van der Waals surface area (Å²) in [6.07, 6.45) is 4.03. The number of hydroxylamine groups is 1. The topological polar surface area (TPSA) is 73.6 Å². The molecule has 7 nitrogen and oxygen atoms in total. The highest BCUT2D eigenvalue weighted by atomic mass is 16.5. The average Bonchev–Trinajstić information content (AvgIpc) is 3.16. The number of hydrogen-bond acceptors (Lipinski definition) is 5. The second-order valence-corrected chi connectivity index (χ2v) is 8.37. The standard InChI is InChI=1S/C23H29N5O2/c1-17(2)15-26-9-11-27(12-10-26)21-13-20-7-8-28(22(20)24-14-21)16-18-3-5-19(6-4-18)23(29)25-30/h3-8,13-14,17,30H,9-12,15-16H2,1-2H3,(H,25,29). The van der Waals surface area contributed by atoms with E-state index < -0.39 is 5.91 Å². The van der Waals surface area contributed by atoms with Crippen molar-refractivity contribution in [2.45, 2.75) is 20.4 Å². The van der Waals surface area contributed by atoms with Crippen molar-refractivity contribution in [1.29, 1.82) is 0 Å². The van der Waals surface area contributed by atoms with Crippen molar-refractivity contribution < 1.29 is 10.0 Å². The summed E-state index contributed by atoms with van der Waals surface area (Å²) >= 11 is 0. The number of carbonyl (C=O) groups is 1. The number of hydrogen-bond donors (Lipinski definition) is 2. The van der Waals surface area contributed by atoms with Gasteiger partial charge in [-0.2, -0.15) is 0 Å². The van der Waals surface area contributed by atoms with Crippen molar-refractivity contribution in [3.8, 4) is 0 Å². The number of carbonyl (C=O) groups excluding carboxylic acids is 1. The number of anilines is 1. The molecule has 0 aliphatic carbocycles. The Morgan fingerprint density at radius 1 is 1.13 bits per heavy atom. The second kappa shape index (κ2) is 8.85. The van der Waals surface area contributed by atoms with E-state index in [4.69, 9.17) is 10.2 Å². The molecule has 2 N–H and O–H groups in total. The Morgan fingerprint density at radius 2 is 1.87 bits per heavy atom. The minimum Gasteiger partial charge on any atom is -0.368 e. The molecule has 4 rings (SSSR count). The van der Waals surface area contributed by atoms with Crippen LogP contribution in [0.15, 0.2) is 48.8 Å². The number of amides is 1. The predicted molar refractivity (Wildman–Crippen MR) is 118 cm³/mol. The molecule has 0 spiro atoms. The molecule has 0 atom stereocenters. The Balaban J connectivity index is 1.44. The molecule has 158 valence electrons. The van der Waals surface area contributed by atoms with E-state index in [-0.39, 0.29) is 0 Å². The van der Waals surface area contributed by atoms with Crippen LogP contribution in [0.5, 0.6) is 0 Å². The molecule has 0 saturated carbocycles. The lowest BCUT2D eigenvalue weighted by Gasteiger charge is -2.36. The van der Waals surface area contributed by atoms with E-state index >= 15 is 0 Å². The van der Waals surface area contributed by atoms with Gasteiger partial charge in [0.05, 0.1) is 11.9 Å². The highest BCUT2D eigenvalue weighted by Crippen LogP contribution is 2.23. The largest absolute Gasteiger partial charge is 0.368 e. The van der Waals surface area contributed by atoms with Gasteiger partial charge in [0.1, 0.15) is 5.65 Å². The highest BCUT2D eigenvalue weighted by Gasteiger charge is 2.18. The summed E-state index contributed by atoms with van der Waals surface area (Å²) in [6, 6.07) is 11.5. The second-order valence-electron chi connectivity index (χ2n) is 8.37. The van der Waals surface area contributed by atoms with E-state index in [1.165, 1.54) is 12.2 Å². The van der Waals surface area contributed by atoms with Crippen LogP contribution in [0.4, 0.5) is 5.69 Å². The summed E-state index contributed by atoms with van der Waals surface area (Å²) in [5.41, 5.74) is 5.28. The minimum absolute atomic E-state index is 0.426. The van der Waals surface area contributed by atoms with Gasteiger partial charge in [0, 0.05) is 56.4 Å². The number of pyridine rings is 1. The number of benzene rings is 1. The quantitative estimate of drug-likeness (QED) is 0.485. The molecule has 1 aliphatic rings. The van der Waals surface area contributed by atoms with Crippen LogP contribution in [0.2, 0.25) is 0 Å². The molecule has 1 fully saturated rings. The normalized spacial score (nSPS) is 15.1. The first kappa shape index (κ1) is 20.4. The fourth-order valence-corrected chi connectivity index (χ4v) is 4.09. The van der Waals surface area contributed by atoms with E-state index in [2.05, 4.69) is 46.5 Å². The van der Waals surface area contributed by atoms with Gasteiger partial charge in [-0.1, -0.05) is 26.0 Å². The summed E-state index contributed by atoms with van der Waals surface area (Å²) in [6.45, 7) is 10.7. The Hall–Kier alpha value is -2.90. The molecule has 3 heterocycles. The first-order chi connectivity index (χ1) is 14.5. The molecule has 2 aromatic heterocycles. The highest BCUT2D eigenvalue weighted by molar-refractivity contribution is 5.93. The molecule has 7 heteroatoms. The monoisotopic (exact) mass is 407 g/mol. The number of nitrogens with one attached hydrogen (secondary N) is 1. The van der Waals surface area contributed by atoms with Crippen LogP contribution < -0.4 is 10.4 Å². The van der Waals surface area contributed by atoms with Crippen molar-refractivity contribution in [3.05, 3.63) is 59.9 Å². The fraction of sp³-hybridized carbons (Fsp3) is 0.391. The smallest absolute Gasteiger partial charge is 0.274 e. The van der Waals surface area contributed by atoms with Crippen LogP contribution in [0.25, 0.3) is 11.0 Å². The summed E-state index contributed by atoms with van der Waals surface area (Å²) in [5, 5.41) is 9.86. The first-order valence-electron chi connectivity index (χ1n) is 10.5. The lowest BCUT2D eigenvalue weighted by Crippen LogP contribution is -2.47. The minimum atomic E-state index is -0.507. The van der Waals surface area contributed by atoms with E-state index in [1.54, 1.807) is 17.6 Å². The van der Waals surface area contributed by atoms with Crippen LogP contribution in [-0.4, -0.2) is 58.3 Å². The molecular weight excluding hydrogens is 378 g/mol. The van der Waals surface area contributed by atoms with Gasteiger partial charge in [-0.05, 0) is 35.7 Å². The number of fused-ring (bicyclic) bond motifs is 1. The molecule has 1 saturated heterocycles. The van der Waals surface area contributed by atoms with Crippen LogP contribution >= 0.6 is 0 Å². The van der Waals surface area contributed by atoms with Crippen LogP contribution in [0, 0.1) is 5.92 Å². The number of rotatable bonds is 6. The number of aromatic nitrogens is 2. The van der Waals surface area contributed by atoms with Crippen molar-refractivity contribution in [3.63, 3.8) is 0 Å². The third kappa shape index (κ3) is 4.47. The van der Waals surface area contributed by atoms with Gasteiger partial charge in [0.2, 0.25) is 0 Å². The Labute approximate surface area is 176 Å². The molecular formula is C23H29N5O2. The molecule has 1 aliphatic heterocycles. The number of piperazine rings is 1. The van der Waals surface area contributed by atoms with E-state index in [0.717, 1.165) is 42.8 Å². The van der Waals surface area contributed by atoms with Gasteiger partial charge in [0.15, 0.2) is 0 Å². The summed E-state index contributed by atoms with van der Waals surface area (Å²) in [4.78, 5) is 21.2. The van der Waals surface area contributed by atoms with E-state index in [1.807, 2.05) is 18.3 Å². The molecule has 0 unspecified atom stereocenters. The maximum atomic E-state index is 11.5. The van der Waals surface area contributed by atoms with Crippen molar-refractivity contribution >= 4 is 22.6 Å². The van der Waals surface area contributed by atoms with Crippen LogP contribution in [0.1, 0.15) is 29.8 Å². The predicted octanol–water partition coefficient (Wildman–Crippen LogP) is 2.98. The Bertz CT molecular complexity index is 1000. The zero-order chi connectivity index (χ0) is 21.1.